The van der Waals surface area contributed by atoms with E-state index in [4.69, 9.17) is 17.0 Å². The molecule has 0 unspecified atom stereocenters. The third kappa shape index (κ3) is 5.07. The van der Waals surface area contributed by atoms with Crippen LogP contribution in [0.4, 0.5) is 10.7 Å². The molecule has 1 aromatic heterocycles. The minimum atomic E-state index is -0.254. The summed E-state index contributed by atoms with van der Waals surface area (Å²) in [5, 5.41) is 7.83. The lowest BCUT2D eigenvalue weighted by Gasteiger charge is -2.14. The summed E-state index contributed by atoms with van der Waals surface area (Å²) in [6.45, 7) is 2.21. The molecule has 1 heterocycles. The Labute approximate surface area is 180 Å². The Balaban J connectivity index is 1.86. The first-order chi connectivity index (χ1) is 13.6. The van der Waals surface area contributed by atoms with Crippen LogP contribution < -0.4 is 10.6 Å². The predicted molar refractivity (Wildman–Crippen MR) is 124 cm³/mol. The molecule has 150 valence electrons. The van der Waals surface area contributed by atoms with E-state index < -0.39 is 0 Å². The number of benzene rings is 1. The number of carbonyl (C=O) groups excluding carboxylic acids is 1. The van der Waals surface area contributed by atoms with Gasteiger partial charge in [-0.25, -0.2) is 4.79 Å². The van der Waals surface area contributed by atoms with Crippen molar-refractivity contribution in [2.24, 2.45) is 0 Å². The van der Waals surface area contributed by atoms with Crippen LogP contribution >= 0.6 is 35.3 Å². The van der Waals surface area contributed by atoms with E-state index in [0.29, 0.717) is 17.3 Å². The Morgan fingerprint density at radius 2 is 1.93 bits per heavy atom. The molecule has 1 aliphatic rings. The summed E-state index contributed by atoms with van der Waals surface area (Å²) >= 11 is 8.86. The summed E-state index contributed by atoms with van der Waals surface area (Å²) in [7, 11) is 0. The average molecular weight is 435 g/mol. The van der Waals surface area contributed by atoms with Gasteiger partial charge in [-0.15, -0.1) is 23.1 Å². The van der Waals surface area contributed by atoms with Crippen molar-refractivity contribution in [2.75, 3.05) is 23.5 Å². The highest BCUT2D eigenvalue weighted by atomic mass is 32.2. The Hall–Kier alpha value is -1.57. The highest BCUT2D eigenvalue weighted by Gasteiger charge is 2.25. The Morgan fingerprint density at radius 1 is 1.18 bits per heavy atom. The number of thiocarbonyl (C=S) groups is 1. The fourth-order valence-corrected chi connectivity index (χ4v) is 5.54. The highest BCUT2D eigenvalue weighted by molar-refractivity contribution is 7.98. The van der Waals surface area contributed by atoms with Crippen LogP contribution in [0.3, 0.4) is 0 Å². The molecule has 0 amide bonds. The zero-order chi connectivity index (χ0) is 19.9. The van der Waals surface area contributed by atoms with Crippen LogP contribution in [0.2, 0.25) is 0 Å². The normalized spacial score (nSPS) is 13.8. The van der Waals surface area contributed by atoms with Crippen LogP contribution in [0, 0.1) is 0 Å². The maximum Gasteiger partial charge on any atom is 0.341 e. The van der Waals surface area contributed by atoms with Crippen LogP contribution in [0.5, 0.6) is 0 Å². The molecule has 0 aliphatic heterocycles. The Morgan fingerprint density at radius 3 is 2.68 bits per heavy atom. The van der Waals surface area contributed by atoms with Gasteiger partial charge >= 0.3 is 5.97 Å². The molecule has 0 saturated heterocycles. The molecule has 1 aromatic carbocycles. The van der Waals surface area contributed by atoms with Gasteiger partial charge in [0, 0.05) is 9.77 Å². The number of rotatable bonds is 5. The third-order valence-corrected chi connectivity index (χ3v) is 6.94. The van der Waals surface area contributed by atoms with Gasteiger partial charge in [0.05, 0.1) is 17.9 Å². The monoisotopic (exact) mass is 434 g/mol. The molecular formula is C21H26N2O2S3. The lowest BCUT2D eigenvalue weighted by molar-refractivity contribution is 0.0526. The highest BCUT2D eigenvalue weighted by Crippen LogP contribution is 2.38. The van der Waals surface area contributed by atoms with E-state index in [1.54, 1.807) is 23.1 Å². The Kier molecular flexibility index (Phi) is 7.76. The van der Waals surface area contributed by atoms with Gasteiger partial charge in [0.2, 0.25) is 0 Å². The topological polar surface area (TPSA) is 50.4 Å². The molecule has 2 N–H and O–H groups in total. The lowest BCUT2D eigenvalue weighted by Crippen LogP contribution is -2.20. The first-order valence-corrected chi connectivity index (χ1v) is 12.1. The van der Waals surface area contributed by atoms with Crippen LogP contribution in [0.1, 0.15) is 53.4 Å². The molecule has 1 aliphatic carbocycles. The van der Waals surface area contributed by atoms with Gasteiger partial charge in [0.25, 0.3) is 0 Å². The summed E-state index contributed by atoms with van der Waals surface area (Å²) < 4.78 is 5.36. The maximum atomic E-state index is 12.7. The lowest BCUT2D eigenvalue weighted by atomic mass is 9.96. The van der Waals surface area contributed by atoms with E-state index in [1.165, 1.54) is 24.1 Å². The first-order valence-electron chi connectivity index (χ1n) is 9.66. The molecule has 0 radical (unpaired) electrons. The van der Waals surface area contributed by atoms with E-state index in [-0.39, 0.29) is 5.97 Å². The van der Waals surface area contributed by atoms with E-state index in [2.05, 4.69) is 16.7 Å². The average Bonchev–Trinajstić information content (AvgIpc) is 2.98. The van der Waals surface area contributed by atoms with E-state index in [9.17, 15) is 4.79 Å². The van der Waals surface area contributed by atoms with Crippen molar-refractivity contribution in [3.8, 4) is 0 Å². The second kappa shape index (κ2) is 10.3. The van der Waals surface area contributed by atoms with E-state index in [0.717, 1.165) is 40.4 Å². The number of thiophene rings is 1. The zero-order valence-corrected chi connectivity index (χ0v) is 18.7. The zero-order valence-electron chi connectivity index (χ0n) is 16.3. The van der Waals surface area contributed by atoms with Crippen molar-refractivity contribution in [3.05, 3.63) is 40.3 Å². The predicted octanol–water partition coefficient (Wildman–Crippen LogP) is 6.11. The van der Waals surface area contributed by atoms with Crippen molar-refractivity contribution in [2.45, 2.75) is 50.3 Å². The van der Waals surface area contributed by atoms with Crippen molar-refractivity contribution in [1.29, 1.82) is 0 Å². The maximum absolute atomic E-state index is 12.7. The number of esters is 1. The van der Waals surface area contributed by atoms with Crippen LogP contribution in [-0.4, -0.2) is 23.9 Å². The third-order valence-electron chi connectivity index (χ3n) is 4.73. The number of para-hydroxylation sites is 1. The van der Waals surface area contributed by atoms with Gasteiger partial charge in [0.15, 0.2) is 5.11 Å². The SMILES string of the molecule is CCOC(=O)c1c(NC(=S)Nc2ccccc2SC)sc2c1CCCCCC2. The minimum Gasteiger partial charge on any atom is -0.462 e. The second-order valence-corrected chi connectivity index (χ2v) is 8.98. The van der Waals surface area contributed by atoms with Crippen molar-refractivity contribution in [3.63, 3.8) is 0 Å². The number of thioether (sulfide) groups is 1. The standard InChI is InChI=1S/C21H26N2O2S3/c1-3-25-20(24)18-14-10-6-4-5-7-12-16(14)28-19(18)23-21(26)22-15-11-8-9-13-17(15)27-2/h8-9,11,13H,3-7,10,12H2,1-2H3,(H2,22,23,26). The second-order valence-electron chi connectivity index (χ2n) is 6.62. The smallest absolute Gasteiger partial charge is 0.341 e. The van der Waals surface area contributed by atoms with Crippen molar-refractivity contribution in [1.82, 2.24) is 0 Å². The summed E-state index contributed by atoms with van der Waals surface area (Å²) in [6, 6.07) is 8.04. The Bertz CT molecular complexity index is 848. The number of nitrogens with one attached hydrogen (secondary N) is 2. The number of fused-ring (bicyclic) bond motifs is 1. The van der Waals surface area contributed by atoms with Gasteiger partial charge < -0.3 is 15.4 Å². The molecule has 0 spiro atoms. The molecule has 7 heteroatoms. The number of aryl methyl sites for hydroxylation is 1. The van der Waals surface area contributed by atoms with Crippen LogP contribution in [0.15, 0.2) is 29.2 Å². The molecule has 0 atom stereocenters. The van der Waals surface area contributed by atoms with Crippen molar-refractivity contribution < 1.29 is 9.53 Å². The van der Waals surface area contributed by atoms with Gasteiger partial charge in [-0.3, -0.25) is 0 Å². The molecule has 0 bridgehead atoms. The van der Waals surface area contributed by atoms with Gasteiger partial charge in [0.1, 0.15) is 5.00 Å². The summed E-state index contributed by atoms with van der Waals surface area (Å²) in [5.41, 5.74) is 2.78. The quantitative estimate of drug-likeness (QED) is 0.336. The number of hydrogen-bond acceptors (Lipinski definition) is 5. The fourth-order valence-electron chi connectivity index (χ4n) is 3.43. The van der Waals surface area contributed by atoms with Gasteiger partial charge in [-0.05, 0) is 68.8 Å². The molecule has 0 saturated carbocycles. The number of carbonyl (C=O) groups is 1. The van der Waals surface area contributed by atoms with Crippen LogP contribution in [-0.2, 0) is 17.6 Å². The summed E-state index contributed by atoms with van der Waals surface area (Å²) in [4.78, 5) is 15.1. The molecule has 3 rings (SSSR count). The largest absolute Gasteiger partial charge is 0.462 e. The van der Waals surface area contributed by atoms with E-state index >= 15 is 0 Å². The number of ether oxygens (including phenoxy) is 1. The molecule has 4 nitrogen and oxygen atoms in total. The number of hydrogen-bond donors (Lipinski definition) is 2. The fraction of sp³-hybridized carbons (Fsp3) is 0.429. The summed E-state index contributed by atoms with van der Waals surface area (Å²) in [6.07, 6.45) is 8.72. The number of anilines is 2. The first kappa shape index (κ1) is 21.1. The van der Waals surface area contributed by atoms with Crippen molar-refractivity contribution >= 4 is 57.1 Å². The molecule has 2 aromatic rings. The van der Waals surface area contributed by atoms with Gasteiger partial charge in [-0.1, -0.05) is 25.0 Å². The van der Waals surface area contributed by atoms with E-state index in [1.807, 2.05) is 31.4 Å². The molecular weight excluding hydrogens is 408 g/mol. The molecule has 28 heavy (non-hydrogen) atoms. The minimum absolute atomic E-state index is 0.254. The van der Waals surface area contributed by atoms with Crippen LogP contribution in [0.25, 0.3) is 0 Å². The molecule has 0 fully saturated rings. The van der Waals surface area contributed by atoms with Gasteiger partial charge in [-0.2, -0.15) is 0 Å². The summed E-state index contributed by atoms with van der Waals surface area (Å²) in [5.74, 6) is -0.254.